The van der Waals surface area contributed by atoms with Crippen molar-refractivity contribution in [1.29, 1.82) is 0 Å². The molecule has 1 aromatic heterocycles. The second kappa shape index (κ2) is 5.09. The lowest BCUT2D eigenvalue weighted by atomic mass is 10.2. The zero-order valence-corrected chi connectivity index (χ0v) is 11.2. The normalized spacial score (nSPS) is 11.9. The number of H-pyrrole nitrogens is 1. The van der Waals surface area contributed by atoms with E-state index in [4.69, 9.17) is 11.6 Å². The Kier molecular flexibility index (Phi) is 3.70. The van der Waals surface area contributed by atoms with Crippen LogP contribution in [-0.4, -0.2) is 29.7 Å². The van der Waals surface area contributed by atoms with Gasteiger partial charge in [-0.05, 0) is 17.7 Å². The maximum atomic E-state index is 12.1. The molecular formula is C11H12ClN3O2S. The molecule has 0 aliphatic carbocycles. The molecule has 96 valence electrons. The molecule has 7 heteroatoms. The first kappa shape index (κ1) is 13.1. The third-order valence-corrected chi connectivity index (χ3v) is 4.42. The van der Waals surface area contributed by atoms with E-state index in [0.717, 1.165) is 5.56 Å². The van der Waals surface area contributed by atoms with E-state index >= 15 is 0 Å². The van der Waals surface area contributed by atoms with Crippen molar-refractivity contribution in [3.05, 3.63) is 47.4 Å². The van der Waals surface area contributed by atoms with Crippen LogP contribution in [0.3, 0.4) is 0 Å². The summed E-state index contributed by atoms with van der Waals surface area (Å²) in [5, 5.41) is 0.659. The molecule has 1 aromatic carbocycles. The van der Waals surface area contributed by atoms with Crippen LogP contribution in [0.1, 0.15) is 5.56 Å². The predicted molar refractivity (Wildman–Crippen MR) is 68.7 cm³/mol. The van der Waals surface area contributed by atoms with Crippen molar-refractivity contribution in [3.63, 3.8) is 0 Å². The van der Waals surface area contributed by atoms with Gasteiger partial charge in [-0.1, -0.05) is 23.7 Å². The molecule has 2 rings (SSSR count). The Labute approximate surface area is 110 Å². The van der Waals surface area contributed by atoms with Gasteiger partial charge in [0.1, 0.15) is 0 Å². The summed E-state index contributed by atoms with van der Waals surface area (Å²) < 4.78 is 25.5. The van der Waals surface area contributed by atoms with Crippen LogP contribution in [-0.2, 0) is 16.6 Å². The van der Waals surface area contributed by atoms with Gasteiger partial charge in [-0.3, -0.25) is 0 Å². The number of sulfonamides is 1. The average Bonchev–Trinajstić information content (AvgIpc) is 2.82. The fraction of sp³-hybridized carbons (Fsp3) is 0.182. The summed E-state index contributed by atoms with van der Waals surface area (Å²) in [6, 6.07) is 7.09. The molecule has 0 fully saturated rings. The molecule has 0 radical (unpaired) electrons. The zero-order valence-electron chi connectivity index (χ0n) is 9.67. The van der Waals surface area contributed by atoms with Crippen molar-refractivity contribution in [1.82, 2.24) is 14.3 Å². The molecule has 18 heavy (non-hydrogen) atoms. The zero-order chi connectivity index (χ0) is 13.2. The first-order valence-corrected chi connectivity index (χ1v) is 7.01. The predicted octanol–water partition coefficient (Wildman–Crippen LogP) is 1.88. The summed E-state index contributed by atoms with van der Waals surface area (Å²) >= 11 is 5.86. The summed E-state index contributed by atoms with van der Waals surface area (Å²) in [5.41, 5.74) is 0.827. The van der Waals surface area contributed by atoms with Crippen LogP contribution in [0, 0.1) is 0 Å². The van der Waals surface area contributed by atoms with Crippen molar-refractivity contribution in [2.75, 3.05) is 7.05 Å². The molecule has 0 amide bonds. The number of hydrogen-bond acceptors (Lipinski definition) is 3. The lowest BCUT2D eigenvalue weighted by Gasteiger charge is -2.15. The van der Waals surface area contributed by atoms with E-state index in [-0.39, 0.29) is 11.6 Å². The van der Waals surface area contributed by atoms with Gasteiger partial charge in [-0.2, -0.15) is 4.31 Å². The van der Waals surface area contributed by atoms with E-state index < -0.39 is 10.0 Å². The average molecular weight is 286 g/mol. The quantitative estimate of drug-likeness (QED) is 0.933. The van der Waals surface area contributed by atoms with Crippen LogP contribution >= 0.6 is 11.6 Å². The van der Waals surface area contributed by atoms with Gasteiger partial charge in [0.15, 0.2) is 5.03 Å². The Morgan fingerprint density at radius 3 is 2.83 bits per heavy atom. The fourth-order valence-corrected chi connectivity index (χ4v) is 2.79. The Bertz CT molecular complexity index is 625. The summed E-state index contributed by atoms with van der Waals surface area (Å²) in [5.74, 6) is 0. The third kappa shape index (κ3) is 2.72. The summed E-state index contributed by atoms with van der Waals surface area (Å²) in [4.78, 5) is 6.30. The molecule has 0 aliphatic heterocycles. The van der Waals surface area contributed by atoms with Gasteiger partial charge in [-0.25, -0.2) is 13.4 Å². The second-order valence-corrected chi connectivity index (χ2v) is 6.26. The molecule has 2 aromatic rings. The number of aromatic amines is 1. The number of hydrogen-bond donors (Lipinski definition) is 1. The van der Waals surface area contributed by atoms with Gasteiger partial charge in [0.05, 0.1) is 12.5 Å². The molecular weight excluding hydrogens is 274 g/mol. The number of halogens is 1. The molecule has 5 nitrogen and oxygen atoms in total. The molecule has 0 spiro atoms. The number of nitrogens with zero attached hydrogens (tertiary/aromatic N) is 2. The number of imidazole rings is 1. The summed E-state index contributed by atoms with van der Waals surface area (Å²) in [6.45, 7) is 0.252. The first-order valence-electron chi connectivity index (χ1n) is 5.19. The number of nitrogens with one attached hydrogen (secondary N) is 1. The van der Waals surface area contributed by atoms with Crippen molar-refractivity contribution < 1.29 is 8.42 Å². The van der Waals surface area contributed by atoms with Gasteiger partial charge in [0.2, 0.25) is 0 Å². The van der Waals surface area contributed by atoms with Gasteiger partial charge in [-0.15, -0.1) is 0 Å². The molecule has 0 saturated carbocycles. The fourth-order valence-electron chi connectivity index (χ4n) is 1.53. The van der Waals surface area contributed by atoms with E-state index in [2.05, 4.69) is 9.97 Å². The monoisotopic (exact) mass is 285 g/mol. The van der Waals surface area contributed by atoms with Crippen LogP contribution < -0.4 is 0 Å². The van der Waals surface area contributed by atoms with Crippen molar-refractivity contribution in [2.45, 2.75) is 11.6 Å². The van der Waals surface area contributed by atoms with Gasteiger partial charge in [0.25, 0.3) is 10.0 Å². The topological polar surface area (TPSA) is 66.1 Å². The number of aromatic nitrogens is 2. The van der Waals surface area contributed by atoms with Crippen molar-refractivity contribution in [3.8, 4) is 0 Å². The minimum atomic E-state index is -3.53. The van der Waals surface area contributed by atoms with Gasteiger partial charge in [0, 0.05) is 18.6 Å². The van der Waals surface area contributed by atoms with Crippen LogP contribution in [0.25, 0.3) is 0 Å². The number of benzene rings is 1. The summed E-state index contributed by atoms with van der Waals surface area (Å²) in [6.07, 6.45) is 2.61. The Hall–Kier alpha value is -1.37. The molecule has 0 bridgehead atoms. The minimum Gasteiger partial charge on any atom is -0.335 e. The van der Waals surface area contributed by atoms with E-state index in [0.29, 0.717) is 5.02 Å². The van der Waals surface area contributed by atoms with Crippen LogP contribution in [0.5, 0.6) is 0 Å². The number of rotatable bonds is 4. The maximum absolute atomic E-state index is 12.1. The van der Waals surface area contributed by atoms with E-state index in [1.54, 1.807) is 18.2 Å². The Morgan fingerprint density at radius 1 is 1.44 bits per heavy atom. The van der Waals surface area contributed by atoms with Crippen LogP contribution in [0.4, 0.5) is 0 Å². The highest BCUT2D eigenvalue weighted by Crippen LogP contribution is 2.16. The first-order chi connectivity index (χ1) is 8.50. The van der Waals surface area contributed by atoms with Crippen LogP contribution in [0.2, 0.25) is 5.02 Å². The van der Waals surface area contributed by atoms with Gasteiger partial charge < -0.3 is 4.98 Å². The smallest absolute Gasteiger partial charge is 0.260 e. The molecule has 0 saturated heterocycles. The van der Waals surface area contributed by atoms with E-state index in [9.17, 15) is 8.42 Å². The largest absolute Gasteiger partial charge is 0.335 e. The second-order valence-electron chi connectivity index (χ2n) is 3.81. The summed E-state index contributed by atoms with van der Waals surface area (Å²) in [7, 11) is -2.02. The highest BCUT2D eigenvalue weighted by atomic mass is 35.5. The van der Waals surface area contributed by atoms with Crippen molar-refractivity contribution in [2.24, 2.45) is 0 Å². The highest BCUT2D eigenvalue weighted by molar-refractivity contribution is 7.89. The van der Waals surface area contributed by atoms with Gasteiger partial charge >= 0.3 is 0 Å². The van der Waals surface area contributed by atoms with Crippen LogP contribution in [0.15, 0.2) is 41.8 Å². The molecule has 0 aliphatic rings. The lowest BCUT2D eigenvalue weighted by molar-refractivity contribution is 0.464. The highest BCUT2D eigenvalue weighted by Gasteiger charge is 2.22. The molecule has 1 N–H and O–H groups in total. The molecule has 0 atom stereocenters. The van der Waals surface area contributed by atoms with E-state index in [1.165, 1.54) is 23.9 Å². The van der Waals surface area contributed by atoms with E-state index in [1.807, 2.05) is 6.07 Å². The lowest BCUT2D eigenvalue weighted by Crippen LogP contribution is -2.26. The third-order valence-electron chi connectivity index (χ3n) is 2.46. The molecule has 0 unspecified atom stereocenters. The Morgan fingerprint density at radius 2 is 2.22 bits per heavy atom. The standard InChI is InChI=1S/C11H12ClN3O2S/c1-15(7-9-3-2-4-10(12)5-9)18(16,17)11-6-13-8-14-11/h2-6,8H,7H2,1H3,(H,13,14). The molecule has 1 heterocycles. The maximum Gasteiger partial charge on any atom is 0.260 e. The van der Waals surface area contributed by atoms with Crippen molar-refractivity contribution >= 4 is 21.6 Å². The minimum absolute atomic E-state index is 0.0760. The Balaban J connectivity index is 2.20. The SMILES string of the molecule is CN(Cc1cccc(Cl)c1)S(=O)(=O)c1cnc[nH]1.